The maximum absolute atomic E-state index is 17.2. The lowest BCUT2D eigenvalue weighted by molar-refractivity contribution is -0.0284. The molecule has 2 unspecified atom stereocenters. The van der Waals surface area contributed by atoms with E-state index in [9.17, 15) is 9.32 Å². The molecule has 4 N–H and O–H groups in total. The number of fused-ring (bicyclic) bond motifs is 2. The molecule has 1 aromatic carbocycles. The van der Waals surface area contributed by atoms with E-state index < -0.39 is 20.9 Å². The number of aromatic nitrogens is 3. The number of hydrogen-bond acceptors (Lipinski definition) is 12. The molecule has 1 saturated carbocycles. The zero-order valence-corrected chi connectivity index (χ0v) is 32.5. The van der Waals surface area contributed by atoms with Crippen molar-refractivity contribution in [1.29, 1.82) is 5.41 Å². The van der Waals surface area contributed by atoms with Crippen molar-refractivity contribution in [2.24, 2.45) is 5.41 Å². The molecule has 15 heteroatoms. The van der Waals surface area contributed by atoms with Crippen molar-refractivity contribution in [3.63, 3.8) is 0 Å². The first-order valence-corrected chi connectivity index (χ1v) is 21.1. The van der Waals surface area contributed by atoms with E-state index in [1.165, 1.54) is 7.11 Å². The highest BCUT2D eigenvalue weighted by Crippen LogP contribution is 2.50. The number of β-amino-alcohol motifs (C(OH)–C–C–N with tert-alkyl or cyclic N) is 1. The van der Waals surface area contributed by atoms with E-state index in [2.05, 4.69) is 15.8 Å². The van der Waals surface area contributed by atoms with Gasteiger partial charge in [0.25, 0.3) is 0 Å². The molecule has 4 aliphatic rings. The monoisotopic (exact) mass is 771 g/mol. The second-order valence-electron chi connectivity index (χ2n) is 15.4. The molecule has 2 aromatic heterocycles. The second kappa shape index (κ2) is 14.7. The number of pyridine rings is 1. The molecule has 3 aromatic rings. The van der Waals surface area contributed by atoms with Gasteiger partial charge in [0.1, 0.15) is 28.0 Å². The SMILES string of the molecule is C=S1(=O)CCC(N2CCCC3(COc4nc(N5CCOC[C@](O)(CC)C5)c5c(OC)nc(-c6c(Cl)c(C)cc(N)c6C=N)c(F)c5n4)CCCC23)CC1. The third kappa shape index (κ3) is 7.05. The van der Waals surface area contributed by atoms with Crippen LogP contribution < -0.4 is 20.1 Å². The molecule has 0 amide bonds. The summed E-state index contributed by atoms with van der Waals surface area (Å²) in [7, 11) is -0.549. The Morgan fingerprint density at radius 2 is 1.98 bits per heavy atom. The minimum absolute atomic E-state index is 0.00421. The molecular formula is C38H51ClFN7O5S. The van der Waals surface area contributed by atoms with Gasteiger partial charge in [-0.25, -0.2) is 9.37 Å². The number of benzene rings is 1. The summed E-state index contributed by atoms with van der Waals surface area (Å²) >= 11 is 6.79. The summed E-state index contributed by atoms with van der Waals surface area (Å²) < 4.78 is 48.1. The Bertz CT molecular complexity index is 2010. The number of piperidine rings is 1. The first-order valence-electron chi connectivity index (χ1n) is 18.6. The highest BCUT2D eigenvalue weighted by Gasteiger charge is 2.50. The van der Waals surface area contributed by atoms with Gasteiger partial charge in [0.15, 0.2) is 5.82 Å². The van der Waals surface area contributed by atoms with Crippen LogP contribution in [-0.4, -0.2) is 117 Å². The summed E-state index contributed by atoms with van der Waals surface area (Å²) in [5.74, 6) is 4.88. The van der Waals surface area contributed by atoms with Gasteiger partial charge in [-0.1, -0.05) is 24.9 Å². The number of aliphatic hydroxyl groups is 1. The number of aryl methyl sites for hydroxylation is 1. The fourth-order valence-corrected chi connectivity index (χ4v) is 11.0. The smallest absolute Gasteiger partial charge is 0.319 e. The fraction of sp³-hybridized carbons (Fsp3) is 0.605. The van der Waals surface area contributed by atoms with Crippen molar-refractivity contribution in [2.75, 3.05) is 68.7 Å². The molecule has 4 fully saturated rings. The van der Waals surface area contributed by atoms with Crippen LogP contribution in [-0.2, 0) is 14.3 Å². The third-order valence-corrected chi connectivity index (χ3v) is 14.5. The Labute approximate surface area is 316 Å². The van der Waals surface area contributed by atoms with Crippen LogP contribution in [0, 0.1) is 23.6 Å². The van der Waals surface area contributed by atoms with Crippen LogP contribution in [0.4, 0.5) is 15.9 Å². The highest BCUT2D eigenvalue weighted by molar-refractivity contribution is 8.00. The van der Waals surface area contributed by atoms with E-state index in [1.54, 1.807) is 13.0 Å². The summed E-state index contributed by atoms with van der Waals surface area (Å²) in [5, 5.41) is 20.0. The van der Waals surface area contributed by atoms with Crippen LogP contribution in [0.15, 0.2) is 6.07 Å². The molecule has 12 nitrogen and oxygen atoms in total. The minimum atomic E-state index is -1.99. The van der Waals surface area contributed by atoms with Gasteiger partial charge in [-0.15, -0.1) is 0 Å². The lowest BCUT2D eigenvalue weighted by Crippen LogP contribution is -2.56. The van der Waals surface area contributed by atoms with Crippen molar-refractivity contribution in [3.8, 4) is 23.1 Å². The third-order valence-electron chi connectivity index (χ3n) is 12.1. The molecule has 5 heterocycles. The number of rotatable bonds is 9. The van der Waals surface area contributed by atoms with E-state index >= 15 is 4.39 Å². The number of ether oxygens (including phenoxy) is 3. The fourth-order valence-electron chi connectivity index (χ4n) is 9.11. The Morgan fingerprint density at radius 1 is 1.23 bits per heavy atom. The molecule has 3 atom stereocenters. The average Bonchev–Trinajstić information content (AvgIpc) is 3.48. The van der Waals surface area contributed by atoms with Gasteiger partial charge >= 0.3 is 6.01 Å². The Kier molecular flexibility index (Phi) is 10.6. The first-order chi connectivity index (χ1) is 25.3. The predicted molar refractivity (Wildman–Crippen MR) is 209 cm³/mol. The quantitative estimate of drug-likeness (QED) is 0.148. The topological polar surface area (TPSA) is 160 Å². The summed E-state index contributed by atoms with van der Waals surface area (Å²) in [5.41, 5.74) is 5.97. The van der Waals surface area contributed by atoms with Gasteiger partial charge in [0, 0.05) is 58.6 Å². The van der Waals surface area contributed by atoms with Crippen LogP contribution in [0.3, 0.4) is 0 Å². The van der Waals surface area contributed by atoms with Crippen LogP contribution >= 0.6 is 11.6 Å². The predicted octanol–water partition coefficient (Wildman–Crippen LogP) is 5.25. The number of nitrogens with zero attached hydrogens (tertiary/aromatic N) is 5. The average molecular weight is 772 g/mol. The van der Waals surface area contributed by atoms with Crippen molar-refractivity contribution in [1.82, 2.24) is 19.9 Å². The minimum Gasteiger partial charge on any atom is -0.480 e. The van der Waals surface area contributed by atoms with Gasteiger partial charge in [-0.05, 0) is 85.4 Å². The Hall–Kier alpha value is -3.30. The summed E-state index contributed by atoms with van der Waals surface area (Å²) in [6.45, 7) is 6.00. The maximum atomic E-state index is 17.2. The molecule has 0 bridgehead atoms. The van der Waals surface area contributed by atoms with Gasteiger partial charge in [0.05, 0.1) is 38.5 Å². The van der Waals surface area contributed by atoms with E-state index in [0.29, 0.717) is 61.2 Å². The molecule has 0 spiro atoms. The van der Waals surface area contributed by atoms with E-state index in [0.717, 1.165) is 57.7 Å². The van der Waals surface area contributed by atoms with E-state index in [-0.39, 0.29) is 68.9 Å². The molecule has 7 rings (SSSR count). The number of methoxy groups -OCH3 is 1. The Balaban J connectivity index is 1.33. The molecule has 53 heavy (non-hydrogen) atoms. The van der Waals surface area contributed by atoms with E-state index in [1.807, 2.05) is 11.8 Å². The number of halogens is 2. The van der Waals surface area contributed by atoms with Gasteiger partial charge < -0.3 is 35.4 Å². The second-order valence-corrected chi connectivity index (χ2v) is 18.6. The van der Waals surface area contributed by atoms with Gasteiger partial charge in [-0.2, -0.15) is 9.97 Å². The van der Waals surface area contributed by atoms with Crippen molar-refractivity contribution in [3.05, 3.63) is 28.0 Å². The van der Waals surface area contributed by atoms with Crippen LogP contribution in [0.25, 0.3) is 22.2 Å². The molecule has 288 valence electrons. The summed E-state index contributed by atoms with van der Waals surface area (Å²) in [4.78, 5) is 18.8. The molecule has 0 radical (unpaired) electrons. The van der Waals surface area contributed by atoms with Gasteiger partial charge in [-0.3, -0.25) is 9.11 Å². The lowest BCUT2D eigenvalue weighted by atomic mass is 9.74. The van der Waals surface area contributed by atoms with Crippen molar-refractivity contribution in [2.45, 2.75) is 82.9 Å². The number of nitrogens with one attached hydrogen (secondary N) is 1. The highest BCUT2D eigenvalue weighted by atomic mass is 35.5. The first kappa shape index (κ1) is 38.0. The lowest BCUT2D eigenvalue weighted by Gasteiger charge is -2.50. The molecule has 1 aliphatic carbocycles. The zero-order valence-electron chi connectivity index (χ0n) is 30.9. The summed E-state index contributed by atoms with van der Waals surface area (Å²) in [6.07, 6.45) is 8.40. The number of likely N-dealkylation sites (tertiary alicyclic amines) is 1. The van der Waals surface area contributed by atoms with Crippen molar-refractivity contribution >= 4 is 55.6 Å². The largest absolute Gasteiger partial charge is 0.480 e. The Morgan fingerprint density at radius 3 is 2.70 bits per heavy atom. The van der Waals surface area contributed by atoms with Crippen LogP contribution in [0.2, 0.25) is 5.02 Å². The number of hydrogen-bond donors (Lipinski definition) is 3. The maximum Gasteiger partial charge on any atom is 0.319 e. The number of nitrogen functional groups attached to an aromatic ring is 1. The molecule has 3 aliphatic heterocycles. The number of nitrogens with two attached hydrogens (primary N) is 1. The van der Waals surface area contributed by atoms with Gasteiger partial charge in [0.2, 0.25) is 5.88 Å². The normalized spacial score (nSPS) is 29.5. The standard InChI is InChI=1S/C38H51ClFN7O5S/c1-5-38(48)20-46(14-15-51-22-38)34-29-33(31(40)32(43-35(29)50-3)28-25(19-41)26(42)18-23(2)30(28)39)44-36(45-34)52-21-37-11-6-8-27(37)47(13-7-12-37)24-9-16-53(4,49)17-10-24/h18-19,24,27,41,48H,4-17,20-22,42H2,1-3H3/t24?,27?,37?,38-,53?/m0/s1. The van der Waals surface area contributed by atoms with E-state index in [4.69, 9.17) is 46.9 Å². The summed E-state index contributed by atoms with van der Waals surface area (Å²) in [6, 6.07) is 2.33. The molecule has 3 saturated heterocycles. The molecular weight excluding hydrogens is 721 g/mol. The number of anilines is 2. The van der Waals surface area contributed by atoms with Crippen molar-refractivity contribution < 1.29 is 27.9 Å². The van der Waals surface area contributed by atoms with Crippen LogP contribution in [0.5, 0.6) is 11.9 Å². The van der Waals surface area contributed by atoms with Crippen LogP contribution in [0.1, 0.15) is 69.4 Å². The zero-order chi connectivity index (χ0) is 37.7.